The number of pyridine rings is 1. The molecular weight excluding hydrogens is 610 g/mol. The van der Waals surface area contributed by atoms with Crippen molar-refractivity contribution in [3.8, 4) is 0 Å². The zero-order chi connectivity index (χ0) is 33.6. The summed E-state index contributed by atoms with van der Waals surface area (Å²) >= 11 is 0. The molecule has 1 saturated heterocycles. The van der Waals surface area contributed by atoms with E-state index in [0.717, 1.165) is 27.4 Å². The van der Waals surface area contributed by atoms with Crippen molar-refractivity contribution in [3.05, 3.63) is 95.9 Å². The zero-order valence-electron chi connectivity index (χ0n) is 26.5. The number of anilines is 3. The number of nitrogens with zero attached hydrogens (tertiary/aromatic N) is 3. The highest BCUT2D eigenvalue weighted by Crippen LogP contribution is 2.40. The lowest BCUT2D eigenvalue weighted by Crippen LogP contribution is -2.57. The maximum Gasteiger partial charge on any atom is 0.341 e. The molecule has 1 saturated carbocycles. The molecule has 0 radical (unpaired) electrons. The minimum absolute atomic E-state index is 0.0853. The summed E-state index contributed by atoms with van der Waals surface area (Å²) in [5.41, 5.74) is 0.211. The van der Waals surface area contributed by atoms with Gasteiger partial charge in [-0.05, 0) is 82.2 Å². The lowest BCUT2D eigenvalue weighted by Gasteiger charge is -2.42. The van der Waals surface area contributed by atoms with Crippen LogP contribution in [-0.4, -0.2) is 50.4 Å². The Bertz CT molecular complexity index is 2020. The van der Waals surface area contributed by atoms with Crippen molar-refractivity contribution in [2.75, 3.05) is 23.3 Å². The Hall–Kier alpha value is -4.78. The normalized spacial score (nSPS) is 18.1. The van der Waals surface area contributed by atoms with Crippen molar-refractivity contribution < 1.29 is 18.7 Å². The minimum atomic E-state index is -1.44. The quantitative estimate of drug-likeness (QED) is 0.184. The van der Waals surface area contributed by atoms with E-state index in [1.165, 1.54) is 16.8 Å². The first kappa shape index (κ1) is 32.2. The van der Waals surface area contributed by atoms with Crippen LogP contribution in [0.1, 0.15) is 66.6 Å². The largest absolute Gasteiger partial charge is 0.477 e. The Morgan fingerprint density at radius 2 is 1.83 bits per heavy atom. The van der Waals surface area contributed by atoms with Gasteiger partial charge in [-0.2, -0.15) is 0 Å². The first-order valence-electron chi connectivity index (χ1n) is 15.9. The van der Waals surface area contributed by atoms with E-state index in [9.17, 15) is 24.3 Å². The average molecular weight is 649 g/mol. The van der Waals surface area contributed by atoms with Crippen molar-refractivity contribution in [1.82, 2.24) is 19.4 Å². The van der Waals surface area contributed by atoms with Crippen LogP contribution in [0.2, 0.25) is 0 Å². The molecule has 1 aliphatic carbocycles. The molecule has 47 heavy (non-hydrogen) atoms. The number of nitrogens with one attached hydrogen (secondary N) is 3. The summed E-state index contributed by atoms with van der Waals surface area (Å²) in [6.45, 7) is 6.87. The van der Waals surface area contributed by atoms with E-state index in [4.69, 9.17) is 0 Å². The molecule has 2 aliphatic rings. The van der Waals surface area contributed by atoms with E-state index in [1.54, 1.807) is 4.90 Å². The van der Waals surface area contributed by atoms with Crippen LogP contribution >= 0.6 is 0 Å². The fourth-order valence-electron chi connectivity index (χ4n) is 6.55. The molecule has 4 aromatic rings. The van der Waals surface area contributed by atoms with Gasteiger partial charge in [0.05, 0.1) is 10.9 Å². The van der Waals surface area contributed by atoms with Gasteiger partial charge < -0.3 is 25.2 Å². The summed E-state index contributed by atoms with van der Waals surface area (Å²) in [6.07, 6.45) is 4.13. The number of unbranched alkanes of at least 4 members (excludes halogenated alkanes) is 1. The van der Waals surface area contributed by atoms with E-state index in [2.05, 4.69) is 15.6 Å². The number of fused-ring (bicyclic) bond motifs is 1. The molecule has 11 nitrogen and oxygen atoms in total. The number of carbonyl (C=O) groups is 1. The number of aromatic amines is 1. The Kier molecular flexibility index (Phi) is 8.75. The Morgan fingerprint density at radius 1 is 1.06 bits per heavy atom. The first-order chi connectivity index (χ1) is 22.4. The third-order valence-corrected chi connectivity index (χ3v) is 9.38. The maximum absolute atomic E-state index is 16.4. The second-order valence-corrected chi connectivity index (χ2v) is 12.6. The Balaban J connectivity index is 1.20. The lowest BCUT2D eigenvalue weighted by atomic mass is 9.97. The number of hydrogen-bond donors (Lipinski definition) is 4. The number of hydrogen-bond acceptors (Lipinski definition) is 7. The number of carboxylic acid groups (broad SMARTS) is 1. The number of aromatic nitrogens is 3. The van der Waals surface area contributed by atoms with Crippen LogP contribution in [0.25, 0.3) is 10.9 Å². The molecule has 4 N–H and O–H groups in total. The number of piperazine rings is 1. The molecule has 0 spiro atoms. The molecule has 1 aliphatic heterocycles. The first-order valence-corrected chi connectivity index (χ1v) is 15.9. The van der Waals surface area contributed by atoms with Crippen molar-refractivity contribution in [1.29, 1.82) is 0 Å². The predicted octanol–water partition coefficient (Wildman–Crippen LogP) is 4.56. The van der Waals surface area contributed by atoms with Gasteiger partial charge in [0.15, 0.2) is 5.82 Å². The van der Waals surface area contributed by atoms with Crippen molar-refractivity contribution in [2.45, 2.75) is 77.5 Å². The maximum atomic E-state index is 16.4. The highest BCUT2D eigenvalue weighted by Gasteiger charge is 2.35. The van der Waals surface area contributed by atoms with E-state index in [-0.39, 0.29) is 41.3 Å². The van der Waals surface area contributed by atoms with Crippen LogP contribution in [0.3, 0.4) is 0 Å². The summed E-state index contributed by atoms with van der Waals surface area (Å²) in [7, 11) is 0. The van der Waals surface area contributed by atoms with Crippen molar-refractivity contribution in [3.63, 3.8) is 0 Å². The van der Waals surface area contributed by atoms with Crippen molar-refractivity contribution in [2.24, 2.45) is 0 Å². The highest BCUT2D eigenvalue weighted by atomic mass is 19.1. The summed E-state index contributed by atoms with van der Waals surface area (Å²) in [4.78, 5) is 54.7. The molecule has 2 aromatic carbocycles. The fourth-order valence-corrected chi connectivity index (χ4v) is 6.55. The van der Waals surface area contributed by atoms with E-state index >= 15 is 8.78 Å². The van der Waals surface area contributed by atoms with E-state index in [0.29, 0.717) is 51.0 Å². The Labute approximate surface area is 268 Å². The molecule has 2 aromatic heterocycles. The van der Waals surface area contributed by atoms with Crippen LogP contribution in [-0.2, 0) is 6.54 Å². The number of benzene rings is 2. The highest BCUT2D eigenvalue weighted by molar-refractivity contribution is 5.94. The summed E-state index contributed by atoms with van der Waals surface area (Å²) < 4.78 is 34.8. The molecule has 3 heterocycles. The van der Waals surface area contributed by atoms with Crippen LogP contribution < -0.4 is 32.2 Å². The van der Waals surface area contributed by atoms with Gasteiger partial charge in [-0.1, -0.05) is 6.07 Å². The van der Waals surface area contributed by atoms with E-state index < -0.39 is 39.8 Å². The van der Waals surface area contributed by atoms with Gasteiger partial charge in [0.25, 0.3) is 5.56 Å². The van der Waals surface area contributed by atoms with Gasteiger partial charge in [-0.15, -0.1) is 0 Å². The number of aromatic carboxylic acids is 1. The molecule has 0 amide bonds. The lowest BCUT2D eigenvalue weighted by molar-refractivity contribution is 0.0694. The van der Waals surface area contributed by atoms with Crippen LogP contribution in [0.5, 0.6) is 0 Å². The standard InChI is InChI=1S/C34H38F2N6O5/c1-18-7-8-21(14-19(18)2)38-27-16-28(43)41(34(47)39-27)12-5-4-6-26-20(3)37-11-13-40(26)31-25(35)15-23-30(29(31)36)42(22-9-10-22)17-24(32(23)44)33(45)46/h7-8,14-17,20,22,26,37-38H,4-6,9-13H2,1-3H3,(H,39,47)(H,45,46)/t20?,26-/m0/s1. The number of carboxylic acids is 1. The second-order valence-electron chi connectivity index (χ2n) is 12.6. The molecule has 1 unspecified atom stereocenters. The summed E-state index contributed by atoms with van der Waals surface area (Å²) in [6, 6.07) is 7.43. The van der Waals surface area contributed by atoms with Crippen LogP contribution in [0.4, 0.5) is 26.0 Å². The molecule has 248 valence electrons. The minimum Gasteiger partial charge on any atom is -0.477 e. The molecule has 13 heteroatoms. The van der Waals surface area contributed by atoms with Gasteiger partial charge in [0.1, 0.15) is 22.9 Å². The fraction of sp³-hybridized carbons (Fsp3) is 0.412. The van der Waals surface area contributed by atoms with Gasteiger partial charge in [0.2, 0.25) is 5.43 Å². The van der Waals surface area contributed by atoms with Crippen LogP contribution in [0.15, 0.2) is 50.9 Å². The van der Waals surface area contributed by atoms with Crippen LogP contribution in [0, 0.1) is 25.5 Å². The zero-order valence-corrected chi connectivity index (χ0v) is 26.5. The van der Waals surface area contributed by atoms with E-state index in [1.807, 2.05) is 39.0 Å². The molecule has 2 fully saturated rings. The van der Waals surface area contributed by atoms with Gasteiger partial charge in [-0.3, -0.25) is 19.1 Å². The molecule has 2 atom stereocenters. The third-order valence-electron chi connectivity index (χ3n) is 9.38. The average Bonchev–Trinajstić information content (AvgIpc) is 3.85. The topological polar surface area (TPSA) is 141 Å². The van der Waals surface area contributed by atoms with Gasteiger partial charge in [0, 0.05) is 55.7 Å². The SMILES string of the molecule is Cc1ccc(Nc2cc(=O)n(CCCC[C@H]3C(C)NCCN3c3c(F)cc4c(=O)c(C(=O)O)cn(C5CC5)c4c3F)c(=O)[nH]2)cc1C. The predicted molar refractivity (Wildman–Crippen MR) is 176 cm³/mol. The smallest absolute Gasteiger partial charge is 0.341 e. The Morgan fingerprint density at radius 3 is 2.51 bits per heavy atom. The van der Waals surface area contributed by atoms with Crippen molar-refractivity contribution >= 4 is 34.1 Å². The second kappa shape index (κ2) is 12.8. The molecule has 6 rings (SSSR count). The van der Waals surface area contributed by atoms with Gasteiger partial charge in [-0.25, -0.2) is 18.4 Å². The summed E-state index contributed by atoms with van der Waals surface area (Å²) in [5, 5.41) is 15.7. The molecule has 0 bridgehead atoms. The van der Waals surface area contributed by atoms with Gasteiger partial charge >= 0.3 is 11.7 Å². The molecular formula is C34H38F2N6O5. The summed E-state index contributed by atoms with van der Waals surface area (Å²) in [5.74, 6) is -2.96. The number of H-pyrrole nitrogens is 1. The monoisotopic (exact) mass is 648 g/mol. The number of rotatable bonds is 10. The third kappa shape index (κ3) is 6.31. The number of aryl methyl sites for hydroxylation is 2. The number of halogens is 2.